The van der Waals surface area contributed by atoms with Gasteiger partial charge in [0.05, 0.1) is 12.1 Å². The zero-order valence-electron chi connectivity index (χ0n) is 17.4. The van der Waals surface area contributed by atoms with Crippen LogP contribution in [-0.2, 0) is 16.0 Å². The van der Waals surface area contributed by atoms with Crippen molar-refractivity contribution in [1.82, 2.24) is 9.61 Å². The van der Waals surface area contributed by atoms with Gasteiger partial charge >= 0.3 is 0 Å². The molecule has 0 aliphatic carbocycles. The molecule has 1 atom stereocenters. The summed E-state index contributed by atoms with van der Waals surface area (Å²) in [6, 6.07) is 15.1. The first-order chi connectivity index (χ1) is 16.0. The first-order valence-electron chi connectivity index (χ1n) is 10.5. The van der Waals surface area contributed by atoms with Gasteiger partial charge in [-0.25, -0.2) is 13.3 Å². The Hall–Kier alpha value is -4.07. The number of Topliss-reactive ketones (excluding diaryl/α,β-unsaturated/α-hetero) is 1. The van der Waals surface area contributed by atoms with Crippen molar-refractivity contribution in [2.24, 2.45) is 5.92 Å². The van der Waals surface area contributed by atoms with E-state index in [0.717, 1.165) is 0 Å². The third-order valence-electron chi connectivity index (χ3n) is 5.72. The van der Waals surface area contributed by atoms with Gasteiger partial charge in [0.25, 0.3) is 0 Å². The fraction of sp³-hybridized carbons (Fsp3) is 0.160. The van der Waals surface area contributed by atoms with Crippen molar-refractivity contribution in [2.45, 2.75) is 12.8 Å². The number of carbonyl (C=O) groups excluding carboxylic acids is 2. The number of anilines is 1. The Morgan fingerprint density at radius 1 is 1.06 bits per heavy atom. The number of hydrogen-bond acceptors (Lipinski definition) is 4. The van der Waals surface area contributed by atoms with Gasteiger partial charge in [-0.1, -0.05) is 6.07 Å². The molecule has 1 fully saturated rings. The molecular weight excluding hydrogens is 428 g/mol. The Morgan fingerprint density at radius 2 is 1.88 bits per heavy atom. The molecule has 2 aromatic heterocycles. The lowest BCUT2D eigenvalue weighted by Crippen LogP contribution is -2.30. The van der Waals surface area contributed by atoms with E-state index in [1.807, 2.05) is 0 Å². The fourth-order valence-corrected chi connectivity index (χ4v) is 4.05. The van der Waals surface area contributed by atoms with Gasteiger partial charge in [0.15, 0.2) is 17.3 Å². The van der Waals surface area contributed by atoms with Gasteiger partial charge in [0.2, 0.25) is 5.91 Å². The first-order valence-corrected chi connectivity index (χ1v) is 10.5. The van der Waals surface area contributed by atoms with Gasteiger partial charge in [0.1, 0.15) is 17.1 Å². The van der Waals surface area contributed by atoms with Gasteiger partial charge in [-0.3, -0.25) is 9.59 Å². The second-order valence-corrected chi connectivity index (χ2v) is 7.85. The van der Waals surface area contributed by atoms with E-state index in [2.05, 4.69) is 5.10 Å². The molecule has 1 amide bonds. The maximum atomic E-state index is 14.7. The lowest BCUT2D eigenvalue weighted by atomic mass is 9.96. The second-order valence-electron chi connectivity index (χ2n) is 7.85. The molecule has 1 aliphatic rings. The maximum absolute atomic E-state index is 14.7. The highest BCUT2D eigenvalue weighted by Gasteiger charge is 2.37. The van der Waals surface area contributed by atoms with Crippen LogP contribution in [0.3, 0.4) is 0 Å². The van der Waals surface area contributed by atoms with Crippen LogP contribution in [-0.4, -0.2) is 27.8 Å². The minimum absolute atomic E-state index is 0.0277. The van der Waals surface area contributed by atoms with Crippen molar-refractivity contribution >= 4 is 22.9 Å². The van der Waals surface area contributed by atoms with Crippen LogP contribution < -0.4 is 9.64 Å². The maximum Gasteiger partial charge on any atom is 0.237 e. The summed E-state index contributed by atoms with van der Waals surface area (Å²) in [6.45, 7) is 0.377. The summed E-state index contributed by atoms with van der Waals surface area (Å²) in [6.07, 6.45) is 3.68. The van der Waals surface area contributed by atoms with Gasteiger partial charge < -0.3 is 9.64 Å². The van der Waals surface area contributed by atoms with Crippen molar-refractivity contribution < 1.29 is 23.1 Å². The number of halogens is 2. The summed E-state index contributed by atoms with van der Waals surface area (Å²) in [7, 11) is 0. The van der Waals surface area contributed by atoms with Gasteiger partial charge in [-0.15, -0.1) is 0 Å². The van der Waals surface area contributed by atoms with E-state index < -0.39 is 17.6 Å². The first kappa shape index (κ1) is 20.8. The number of amides is 1. The van der Waals surface area contributed by atoms with Crippen LogP contribution >= 0.6 is 0 Å². The molecule has 166 valence electrons. The SMILES string of the molecule is O=C(Cc1ccc(Oc2cccn3nccc23)c(F)c1)C1CCN(c2ccc(F)cc2)C1=O. The second kappa shape index (κ2) is 8.46. The van der Waals surface area contributed by atoms with Gasteiger partial charge in [0, 0.05) is 24.8 Å². The Balaban J connectivity index is 1.27. The lowest BCUT2D eigenvalue weighted by Gasteiger charge is -2.16. The van der Waals surface area contributed by atoms with Crippen LogP contribution in [0.2, 0.25) is 0 Å². The summed E-state index contributed by atoms with van der Waals surface area (Å²) in [4.78, 5) is 27.0. The fourth-order valence-electron chi connectivity index (χ4n) is 4.05. The van der Waals surface area contributed by atoms with Crippen molar-refractivity contribution in [1.29, 1.82) is 0 Å². The Bertz CT molecular complexity index is 1350. The molecule has 1 aliphatic heterocycles. The molecular formula is C25H19F2N3O3. The highest BCUT2D eigenvalue weighted by Crippen LogP contribution is 2.30. The predicted molar refractivity (Wildman–Crippen MR) is 117 cm³/mol. The van der Waals surface area contributed by atoms with E-state index in [9.17, 15) is 18.4 Å². The minimum atomic E-state index is -0.798. The summed E-state index contributed by atoms with van der Waals surface area (Å²) < 4.78 is 35.2. The van der Waals surface area contributed by atoms with Crippen LogP contribution in [0, 0.1) is 17.6 Å². The number of hydrogen-bond donors (Lipinski definition) is 0. The van der Waals surface area contributed by atoms with Crippen LogP contribution in [0.25, 0.3) is 5.52 Å². The van der Waals surface area contributed by atoms with Crippen molar-refractivity contribution in [3.8, 4) is 11.5 Å². The number of pyridine rings is 1. The summed E-state index contributed by atoms with van der Waals surface area (Å²) in [5, 5.41) is 4.12. The molecule has 0 spiro atoms. The normalized spacial score (nSPS) is 15.9. The number of benzene rings is 2. The summed E-state index contributed by atoms with van der Waals surface area (Å²) in [5.41, 5.74) is 1.71. The van der Waals surface area contributed by atoms with Gasteiger partial charge in [-0.05, 0) is 66.6 Å². The Labute approximate surface area is 188 Å². The molecule has 3 heterocycles. The molecule has 0 bridgehead atoms. The number of nitrogens with zero attached hydrogens (tertiary/aromatic N) is 3. The van der Waals surface area contributed by atoms with E-state index in [-0.39, 0.29) is 23.9 Å². The van der Waals surface area contributed by atoms with E-state index in [0.29, 0.717) is 35.5 Å². The quantitative estimate of drug-likeness (QED) is 0.406. The molecule has 4 aromatic rings. The van der Waals surface area contributed by atoms with E-state index in [1.54, 1.807) is 41.2 Å². The van der Waals surface area contributed by atoms with Gasteiger partial charge in [-0.2, -0.15) is 5.10 Å². The van der Waals surface area contributed by atoms with Crippen LogP contribution in [0.15, 0.2) is 73.1 Å². The van der Waals surface area contributed by atoms with Crippen molar-refractivity contribution in [2.75, 3.05) is 11.4 Å². The number of aromatic nitrogens is 2. The molecule has 1 saturated heterocycles. The lowest BCUT2D eigenvalue weighted by molar-refractivity contribution is -0.130. The molecule has 8 heteroatoms. The van der Waals surface area contributed by atoms with Crippen molar-refractivity contribution in [3.63, 3.8) is 0 Å². The topological polar surface area (TPSA) is 63.9 Å². The highest BCUT2D eigenvalue weighted by atomic mass is 19.1. The molecule has 1 unspecified atom stereocenters. The van der Waals surface area contributed by atoms with E-state index in [1.165, 1.54) is 41.3 Å². The number of ether oxygens (including phenoxy) is 1. The van der Waals surface area contributed by atoms with Crippen molar-refractivity contribution in [3.05, 3.63) is 90.3 Å². The number of fused-ring (bicyclic) bond motifs is 1. The molecule has 33 heavy (non-hydrogen) atoms. The minimum Gasteiger partial charge on any atom is -0.452 e. The third kappa shape index (κ3) is 4.07. The largest absolute Gasteiger partial charge is 0.452 e. The zero-order valence-corrected chi connectivity index (χ0v) is 17.4. The smallest absolute Gasteiger partial charge is 0.237 e. The van der Waals surface area contributed by atoms with E-state index in [4.69, 9.17) is 4.74 Å². The number of ketones is 1. The summed E-state index contributed by atoms with van der Waals surface area (Å²) >= 11 is 0. The third-order valence-corrected chi connectivity index (χ3v) is 5.72. The zero-order chi connectivity index (χ0) is 22.9. The monoisotopic (exact) mass is 447 g/mol. The standard InChI is InChI=1S/C25H19F2N3O3/c26-17-4-6-18(7-5-17)29-13-10-19(25(29)32)22(31)15-16-3-8-23(20(27)14-16)33-24-2-1-12-30-21(24)9-11-28-30/h1-9,11-12,14,19H,10,13,15H2. The molecule has 2 aromatic carbocycles. The summed E-state index contributed by atoms with van der Waals surface area (Å²) in [5.74, 6) is -1.91. The van der Waals surface area contributed by atoms with Crippen LogP contribution in [0.1, 0.15) is 12.0 Å². The Morgan fingerprint density at radius 3 is 2.67 bits per heavy atom. The predicted octanol–water partition coefficient (Wildman–Crippen LogP) is 4.57. The highest BCUT2D eigenvalue weighted by molar-refractivity contribution is 6.10. The Kier molecular flexibility index (Phi) is 5.34. The molecule has 0 radical (unpaired) electrons. The van der Waals surface area contributed by atoms with Crippen LogP contribution in [0.4, 0.5) is 14.5 Å². The average Bonchev–Trinajstić information content (AvgIpc) is 3.43. The molecule has 6 nitrogen and oxygen atoms in total. The van der Waals surface area contributed by atoms with E-state index >= 15 is 0 Å². The molecule has 5 rings (SSSR count). The average molecular weight is 447 g/mol. The number of rotatable bonds is 6. The van der Waals surface area contributed by atoms with Crippen LogP contribution in [0.5, 0.6) is 11.5 Å². The number of carbonyl (C=O) groups is 2. The molecule has 0 saturated carbocycles. The molecule has 0 N–H and O–H groups in total.